The second-order valence-corrected chi connectivity index (χ2v) is 9.78. The summed E-state index contributed by atoms with van der Waals surface area (Å²) in [6, 6.07) is 3.75. The maximum Gasteiger partial charge on any atom is 0.351 e. The van der Waals surface area contributed by atoms with Crippen molar-refractivity contribution < 1.29 is 29.5 Å². The normalized spacial score (nSPS) is 30.7. The summed E-state index contributed by atoms with van der Waals surface area (Å²) in [5, 5.41) is 36.1. The number of fused-ring (bicyclic) bond motifs is 3. The number of hydrogen-bond donors (Lipinski definition) is 4. The summed E-state index contributed by atoms with van der Waals surface area (Å²) >= 11 is 0. The zero-order valence-corrected chi connectivity index (χ0v) is 19.1. The topological polar surface area (TPSA) is 143 Å². The van der Waals surface area contributed by atoms with E-state index in [-0.39, 0.29) is 16.6 Å². The van der Waals surface area contributed by atoms with Gasteiger partial charge in [-0.25, -0.2) is 4.79 Å². The lowest BCUT2D eigenvalue weighted by molar-refractivity contribution is -0.955. The Balaban J connectivity index is 1.55. The zero-order valence-electron chi connectivity index (χ0n) is 19.1. The average molecular weight is 460 g/mol. The number of nitrogens with zero attached hydrogens (tertiary/aromatic N) is 2. The van der Waals surface area contributed by atoms with Crippen LogP contribution < -0.4 is 20.8 Å². The number of nitrogens with one attached hydrogen (secondary N) is 2. The van der Waals surface area contributed by atoms with Gasteiger partial charge in [0.25, 0.3) is 0 Å². The Kier molecular flexibility index (Phi) is 4.88. The first kappa shape index (κ1) is 22.3. The lowest BCUT2D eigenvalue weighted by Crippen LogP contribution is -3.17. The molecule has 11 heteroatoms. The second-order valence-electron chi connectivity index (χ2n) is 9.78. The van der Waals surface area contributed by atoms with Gasteiger partial charge in [0.05, 0.1) is 18.5 Å². The number of ether oxygens (including phenoxy) is 3. The lowest BCUT2D eigenvalue weighted by Gasteiger charge is -2.40. The van der Waals surface area contributed by atoms with Crippen LogP contribution in [0.4, 0.5) is 11.5 Å². The molecule has 1 aromatic carbocycles. The van der Waals surface area contributed by atoms with Crippen molar-refractivity contribution in [3.8, 4) is 11.5 Å². The van der Waals surface area contributed by atoms with Gasteiger partial charge in [-0.15, -0.1) is 0 Å². The van der Waals surface area contributed by atoms with E-state index in [1.54, 1.807) is 0 Å². The fraction of sp³-hybridized carbons (Fsp3) is 0.545. The van der Waals surface area contributed by atoms with Gasteiger partial charge < -0.3 is 40.0 Å². The molecular weight excluding hydrogens is 432 g/mol. The molecule has 0 amide bonds. The van der Waals surface area contributed by atoms with Gasteiger partial charge in [0, 0.05) is 18.2 Å². The number of methoxy groups -OCH3 is 1. The minimum absolute atomic E-state index is 0.128. The highest BCUT2D eigenvalue weighted by atomic mass is 16.6. The fourth-order valence-corrected chi connectivity index (χ4v) is 5.21. The molecule has 1 unspecified atom stereocenters. The van der Waals surface area contributed by atoms with Gasteiger partial charge in [-0.05, 0) is 39.8 Å². The van der Waals surface area contributed by atoms with Crippen molar-refractivity contribution in [2.24, 2.45) is 0 Å². The van der Waals surface area contributed by atoms with Gasteiger partial charge in [-0.3, -0.25) is 4.57 Å². The number of quaternary nitrogens is 1. The molecule has 178 valence electrons. The standard InChI is InChI=1S/C22H28N4O7/c1-21(2)10-6-12-13(7-11(10)22(3,4)26(21)30)32-14-8-25(20(29)24-18(14)23-12)19-17(31-5)16(28)15(9-27)33-19/h6-8,15-17,19,26-28H,9H2,1-5H3,(H,23,24,29)/t15-,16-,17-,19-/m1/s1. The average Bonchev–Trinajstić information content (AvgIpc) is 3.16. The molecule has 5 atom stereocenters. The van der Waals surface area contributed by atoms with E-state index in [9.17, 15) is 20.2 Å². The summed E-state index contributed by atoms with van der Waals surface area (Å²) in [5.41, 5.74) is 0.487. The molecule has 2 aromatic rings. The molecule has 0 saturated carbocycles. The summed E-state index contributed by atoms with van der Waals surface area (Å²) in [6.07, 6.45) is -2.43. The smallest absolute Gasteiger partial charge is 0.351 e. The number of aliphatic hydroxyl groups excluding tert-OH is 2. The number of hydroxylamine groups is 2. The number of aliphatic hydroxyl groups is 2. The molecule has 1 saturated heterocycles. The van der Waals surface area contributed by atoms with Crippen LogP contribution in [0.15, 0.2) is 23.1 Å². The van der Waals surface area contributed by atoms with E-state index in [4.69, 9.17) is 14.2 Å². The Morgan fingerprint density at radius 3 is 2.55 bits per heavy atom. The number of anilines is 2. The van der Waals surface area contributed by atoms with Gasteiger partial charge in [-0.2, -0.15) is 4.98 Å². The first-order chi connectivity index (χ1) is 15.5. The molecule has 4 heterocycles. The Hall–Kier alpha value is -2.54. The van der Waals surface area contributed by atoms with Crippen molar-refractivity contribution in [1.29, 1.82) is 0 Å². The molecule has 11 nitrogen and oxygen atoms in total. The monoisotopic (exact) mass is 460 g/mol. The summed E-state index contributed by atoms with van der Waals surface area (Å²) in [4.78, 5) is 16.9. The molecule has 0 bridgehead atoms. The van der Waals surface area contributed by atoms with E-state index in [1.807, 2.05) is 39.8 Å². The van der Waals surface area contributed by atoms with Gasteiger partial charge in [-0.1, -0.05) is 0 Å². The minimum Gasteiger partial charge on any atom is -0.633 e. The molecule has 0 aliphatic carbocycles. The van der Waals surface area contributed by atoms with E-state index in [1.165, 1.54) is 17.9 Å². The van der Waals surface area contributed by atoms with Crippen LogP contribution in [-0.2, 0) is 20.6 Å². The van der Waals surface area contributed by atoms with Crippen molar-refractivity contribution in [3.05, 3.63) is 45.1 Å². The van der Waals surface area contributed by atoms with Gasteiger partial charge >= 0.3 is 5.69 Å². The predicted molar refractivity (Wildman–Crippen MR) is 116 cm³/mol. The predicted octanol–water partition coefficient (Wildman–Crippen LogP) is 0.225. The summed E-state index contributed by atoms with van der Waals surface area (Å²) in [6.45, 7) is 7.21. The van der Waals surface area contributed by atoms with E-state index in [2.05, 4.69) is 10.3 Å². The van der Waals surface area contributed by atoms with E-state index in [0.29, 0.717) is 11.4 Å². The third-order valence-corrected chi connectivity index (χ3v) is 7.03. The summed E-state index contributed by atoms with van der Waals surface area (Å²) in [7, 11) is 1.39. The Morgan fingerprint density at radius 1 is 1.24 bits per heavy atom. The number of aromatic nitrogens is 2. The maximum absolute atomic E-state index is 13.0. The van der Waals surface area contributed by atoms with Crippen LogP contribution in [0, 0.1) is 5.21 Å². The highest BCUT2D eigenvalue weighted by Crippen LogP contribution is 2.47. The molecular formula is C22H28N4O7. The van der Waals surface area contributed by atoms with Crippen molar-refractivity contribution in [3.63, 3.8) is 0 Å². The Morgan fingerprint density at radius 2 is 1.91 bits per heavy atom. The first-order valence-corrected chi connectivity index (χ1v) is 10.8. The molecule has 33 heavy (non-hydrogen) atoms. The number of hydrogen-bond acceptors (Lipinski definition) is 9. The van der Waals surface area contributed by atoms with Crippen molar-refractivity contribution in [1.82, 2.24) is 9.55 Å². The molecule has 3 aliphatic rings. The lowest BCUT2D eigenvalue weighted by atomic mass is 9.89. The van der Waals surface area contributed by atoms with Crippen molar-refractivity contribution >= 4 is 11.5 Å². The highest BCUT2D eigenvalue weighted by molar-refractivity contribution is 5.74. The molecule has 0 radical (unpaired) electrons. The van der Waals surface area contributed by atoms with Crippen LogP contribution >= 0.6 is 0 Å². The Labute approximate surface area is 190 Å². The van der Waals surface area contributed by atoms with Crippen molar-refractivity contribution in [2.45, 2.75) is 63.3 Å². The van der Waals surface area contributed by atoms with Gasteiger partial charge in [0.15, 0.2) is 23.5 Å². The number of rotatable bonds is 3. The van der Waals surface area contributed by atoms with Gasteiger partial charge in [0.1, 0.15) is 29.4 Å². The first-order valence-electron chi connectivity index (χ1n) is 10.8. The second kappa shape index (κ2) is 7.23. The Bertz CT molecular complexity index is 1180. The van der Waals surface area contributed by atoms with Crippen molar-refractivity contribution in [2.75, 3.05) is 19.0 Å². The van der Waals surface area contributed by atoms with Crippen LogP contribution in [0.3, 0.4) is 0 Å². The largest absolute Gasteiger partial charge is 0.633 e. The third kappa shape index (κ3) is 3.04. The SMILES string of the molecule is CO[C@@H]1[C@H](O)[C@@H](CO)O[C@H]1n1cc2c(nc1=O)Nc1cc3c(cc1O2)C(C)(C)[NH+]([O-])C3(C)C. The zero-order chi connectivity index (χ0) is 23.9. The molecule has 3 aliphatic heterocycles. The van der Waals surface area contributed by atoms with Crippen LogP contribution in [0.5, 0.6) is 11.5 Å². The van der Waals surface area contributed by atoms with Crippen LogP contribution in [0.25, 0.3) is 0 Å². The van der Waals surface area contributed by atoms with E-state index < -0.39 is 47.9 Å². The van der Waals surface area contributed by atoms with Crippen LogP contribution in [0.2, 0.25) is 0 Å². The van der Waals surface area contributed by atoms with Crippen LogP contribution in [-0.4, -0.2) is 51.8 Å². The summed E-state index contributed by atoms with van der Waals surface area (Å²) in [5.74, 6) is 1.02. The van der Waals surface area contributed by atoms with Crippen LogP contribution in [0.1, 0.15) is 45.0 Å². The van der Waals surface area contributed by atoms with Gasteiger partial charge in [0.2, 0.25) is 0 Å². The molecule has 1 aromatic heterocycles. The highest BCUT2D eigenvalue weighted by Gasteiger charge is 2.50. The maximum atomic E-state index is 13.0. The van der Waals surface area contributed by atoms with E-state index in [0.717, 1.165) is 11.1 Å². The molecule has 5 rings (SSSR count). The third-order valence-electron chi connectivity index (χ3n) is 7.03. The fourth-order valence-electron chi connectivity index (χ4n) is 5.21. The molecule has 0 spiro atoms. The minimum atomic E-state index is -1.11. The summed E-state index contributed by atoms with van der Waals surface area (Å²) < 4.78 is 18.3. The molecule has 1 fully saturated rings. The number of benzene rings is 1. The van der Waals surface area contributed by atoms with E-state index >= 15 is 0 Å². The molecule has 4 N–H and O–H groups in total. The quantitative estimate of drug-likeness (QED) is 0.404.